The largest absolute Gasteiger partial charge is 0.409 e. The quantitative estimate of drug-likeness (QED) is 0.299. The minimum absolute atomic E-state index is 0.0103. The van der Waals surface area contributed by atoms with E-state index in [-0.39, 0.29) is 23.0 Å². The molecule has 0 amide bonds. The number of sulfonamides is 1. The number of nitrogens with two attached hydrogens (primary N) is 1. The molecule has 4 N–H and O–H groups in total. The van der Waals surface area contributed by atoms with Crippen molar-refractivity contribution >= 4 is 27.2 Å². The molecular weight excluding hydrogens is 238 g/mol. The smallest absolute Gasteiger partial charge is 0.250 e. The lowest BCUT2D eigenvalue weighted by molar-refractivity contribution is 0.317. The molecule has 0 aromatic carbocycles. The minimum atomic E-state index is -3.44. The molecule has 0 saturated carbocycles. The van der Waals surface area contributed by atoms with Crippen LogP contribution in [-0.4, -0.2) is 26.0 Å². The monoisotopic (exact) mass is 249 g/mol. The topological polar surface area (TPSA) is 105 Å². The van der Waals surface area contributed by atoms with E-state index >= 15 is 0 Å². The maximum atomic E-state index is 11.5. The van der Waals surface area contributed by atoms with Gasteiger partial charge in [0, 0.05) is 13.0 Å². The zero-order chi connectivity index (χ0) is 11.3. The van der Waals surface area contributed by atoms with Crippen molar-refractivity contribution in [3.63, 3.8) is 0 Å². The number of thiophene rings is 1. The molecule has 6 nitrogen and oxygen atoms in total. The Hall–Kier alpha value is -1.12. The zero-order valence-corrected chi connectivity index (χ0v) is 9.38. The molecule has 0 aliphatic rings. The number of hydrogen-bond donors (Lipinski definition) is 3. The van der Waals surface area contributed by atoms with Crippen molar-refractivity contribution in [2.75, 3.05) is 6.54 Å². The molecule has 1 aromatic heterocycles. The first-order valence-corrected chi connectivity index (χ1v) is 6.42. The molecule has 0 radical (unpaired) electrons. The molecule has 84 valence electrons. The van der Waals surface area contributed by atoms with Gasteiger partial charge in [-0.15, -0.1) is 11.3 Å². The predicted molar refractivity (Wildman–Crippen MR) is 57.5 cm³/mol. The van der Waals surface area contributed by atoms with Gasteiger partial charge in [0.2, 0.25) is 10.0 Å². The van der Waals surface area contributed by atoms with Gasteiger partial charge in [-0.25, -0.2) is 13.1 Å². The van der Waals surface area contributed by atoms with Crippen LogP contribution in [0.5, 0.6) is 0 Å². The Morgan fingerprint density at radius 3 is 2.93 bits per heavy atom. The molecule has 1 aromatic rings. The van der Waals surface area contributed by atoms with Gasteiger partial charge in [-0.3, -0.25) is 0 Å². The number of oxime groups is 1. The summed E-state index contributed by atoms with van der Waals surface area (Å²) in [7, 11) is -3.44. The molecule has 0 unspecified atom stereocenters. The summed E-state index contributed by atoms with van der Waals surface area (Å²) < 4.78 is 25.6. The van der Waals surface area contributed by atoms with Gasteiger partial charge in [-0.1, -0.05) is 11.2 Å². The van der Waals surface area contributed by atoms with Crippen LogP contribution in [0.1, 0.15) is 6.42 Å². The SMILES string of the molecule is NC(CCNS(=O)(=O)c1cccs1)=NO. The summed E-state index contributed by atoms with van der Waals surface area (Å²) in [6, 6.07) is 3.17. The fraction of sp³-hybridized carbons (Fsp3) is 0.286. The lowest BCUT2D eigenvalue weighted by Gasteiger charge is -2.03. The highest BCUT2D eigenvalue weighted by Crippen LogP contribution is 2.14. The van der Waals surface area contributed by atoms with E-state index in [9.17, 15) is 8.42 Å². The number of rotatable bonds is 5. The van der Waals surface area contributed by atoms with Crippen LogP contribution in [0, 0.1) is 0 Å². The summed E-state index contributed by atoms with van der Waals surface area (Å²) in [5.41, 5.74) is 5.19. The summed E-state index contributed by atoms with van der Waals surface area (Å²) in [6.45, 7) is 0.107. The lowest BCUT2D eigenvalue weighted by atomic mass is 10.4. The first kappa shape index (κ1) is 12.0. The number of hydrogen-bond acceptors (Lipinski definition) is 5. The van der Waals surface area contributed by atoms with Crippen molar-refractivity contribution in [3.05, 3.63) is 17.5 Å². The molecule has 0 aliphatic heterocycles. The van der Waals surface area contributed by atoms with Crippen LogP contribution in [0.2, 0.25) is 0 Å². The van der Waals surface area contributed by atoms with E-state index in [1.807, 2.05) is 0 Å². The van der Waals surface area contributed by atoms with Crippen LogP contribution in [0.4, 0.5) is 0 Å². The number of amidine groups is 1. The predicted octanol–water partition coefficient (Wildman–Crippen LogP) is 0.163. The molecular formula is C7H11N3O3S2. The standard InChI is InChI=1S/C7H11N3O3S2/c8-6(10-11)3-4-9-15(12,13)7-2-1-5-14-7/h1-2,5,9,11H,3-4H2,(H2,8,10). The normalized spacial score (nSPS) is 12.9. The Labute approximate surface area is 91.5 Å². The second kappa shape index (κ2) is 5.10. The first-order chi connectivity index (χ1) is 7.06. The molecule has 0 fully saturated rings. The van der Waals surface area contributed by atoms with Crippen molar-refractivity contribution in [1.29, 1.82) is 0 Å². The molecule has 0 saturated heterocycles. The minimum Gasteiger partial charge on any atom is -0.409 e. The van der Waals surface area contributed by atoms with Gasteiger partial charge in [-0.2, -0.15) is 0 Å². The average Bonchev–Trinajstić information content (AvgIpc) is 2.70. The summed E-state index contributed by atoms with van der Waals surface area (Å²) in [5.74, 6) is -0.0103. The van der Waals surface area contributed by atoms with Gasteiger partial charge >= 0.3 is 0 Å². The van der Waals surface area contributed by atoms with Gasteiger partial charge in [0.05, 0.1) is 0 Å². The van der Waals surface area contributed by atoms with Gasteiger partial charge < -0.3 is 10.9 Å². The van der Waals surface area contributed by atoms with E-state index in [4.69, 9.17) is 10.9 Å². The molecule has 15 heavy (non-hydrogen) atoms. The van der Waals surface area contributed by atoms with Crippen LogP contribution in [0.25, 0.3) is 0 Å². The maximum Gasteiger partial charge on any atom is 0.250 e. The van der Waals surface area contributed by atoms with E-state index in [1.165, 1.54) is 6.07 Å². The molecule has 0 bridgehead atoms. The van der Waals surface area contributed by atoms with Crippen molar-refractivity contribution in [2.24, 2.45) is 10.9 Å². The number of nitrogens with zero attached hydrogens (tertiary/aromatic N) is 1. The van der Waals surface area contributed by atoms with E-state index in [1.54, 1.807) is 11.4 Å². The summed E-state index contributed by atoms with van der Waals surface area (Å²) in [4.78, 5) is 0. The highest BCUT2D eigenvalue weighted by molar-refractivity contribution is 7.91. The second-order valence-electron chi connectivity index (χ2n) is 2.67. The summed E-state index contributed by atoms with van der Waals surface area (Å²) >= 11 is 1.13. The van der Waals surface area contributed by atoms with Crippen molar-refractivity contribution in [1.82, 2.24) is 4.72 Å². The summed E-state index contributed by atoms with van der Waals surface area (Å²) in [6.07, 6.45) is 0.168. The van der Waals surface area contributed by atoms with Gasteiger partial charge in [0.15, 0.2) is 0 Å². The second-order valence-corrected chi connectivity index (χ2v) is 5.61. The van der Waals surface area contributed by atoms with Crippen LogP contribution in [0.3, 0.4) is 0 Å². The molecule has 1 heterocycles. The Morgan fingerprint density at radius 1 is 1.67 bits per heavy atom. The molecule has 0 atom stereocenters. The Morgan fingerprint density at radius 2 is 2.40 bits per heavy atom. The third-order valence-electron chi connectivity index (χ3n) is 1.56. The molecule has 0 aliphatic carbocycles. The van der Waals surface area contributed by atoms with Gasteiger partial charge in [0.25, 0.3) is 0 Å². The van der Waals surface area contributed by atoms with E-state index in [0.29, 0.717) is 0 Å². The van der Waals surface area contributed by atoms with Gasteiger partial charge in [-0.05, 0) is 11.4 Å². The van der Waals surface area contributed by atoms with E-state index in [0.717, 1.165) is 11.3 Å². The fourth-order valence-corrected chi connectivity index (χ4v) is 2.92. The van der Waals surface area contributed by atoms with E-state index in [2.05, 4.69) is 9.88 Å². The van der Waals surface area contributed by atoms with Crippen molar-refractivity contribution in [3.8, 4) is 0 Å². The Bertz CT molecular complexity index is 424. The van der Waals surface area contributed by atoms with Crippen LogP contribution < -0.4 is 10.5 Å². The summed E-state index contributed by atoms with van der Waals surface area (Å²) in [5, 5.41) is 12.6. The fourth-order valence-electron chi connectivity index (χ4n) is 0.851. The van der Waals surface area contributed by atoms with E-state index < -0.39 is 10.0 Å². The van der Waals surface area contributed by atoms with Crippen molar-refractivity contribution in [2.45, 2.75) is 10.6 Å². The average molecular weight is 249 g/mol. The Balaban J connectivity index is 2.52. The van der Waals surface area contributed by atoms with Gasteiger partial charge in [0.1, 0.15) is 10.0 Å². The first-order valence-electron chi connectivity index (χ1n) is 4.06. The highest BCUT2D eigenvalue weighted by Gasteiger charge is 2.13. The third kappa shape index (κ3) is 3.50. The lowest BCUT2D eigenvalue weighted by Crippen LogP contribution is -2.27. The number of nitrogens with one attached hydrogen (secondary N) is 1. The third-order valence-corrected chi connectivity index (χ3v) is 4.42. The zero-order valence-electron chi connectivity index (χ0n) is 7.75. The molecule has 0 spiro atoms. The molecule has 8 heteroatoms. The van der Waals surface area contributed by atoms with Crippen molar-refractivity contribution < 1.29 is 13.6 Å². The van der Waals surface area contributed by atoms with Crippen LogP contribution in [0.15, 0.2) is 26.9 Å². The maximum absolute atomic E-state index is 11.5. The van der Waals surface area contributed by atoms with Crippen LogP contribution in [-0.2, 0) is 10.0 Å². The Kier molecular flexibility index (Phi) is 4.06. The van der Waals surface area contributed by atoms with Crippen LogP contribution >= 0.6 is 11.3 Å². The molecule has 1 rings (SSSR count). The highest BCUT2D eigenvalue weighted by atomic mass is 32.2.